The summed E-state index contributed by atoms with van der Waals surface area (Å²) in [6.07, 6.45) is 0. The fourth-order valence-corrected chi connectivity index (χ4v) is 4.96. The third kappa shape index (κ3) is 3.11. The molecule has 0 amide bonds. The second kappa shape index (κ2) is 7.72. The molecular weight excluding hydrogens is 392 g/mol. The molecule has 5 aromatic rings. The molecule has 0 radical (unpaired) electrons. The minimum Gasteiger partial charge on any atom is -0.507 e. The number of hydrogen-bond acceptors (Lipinski definition) is 2. The topological polar surface area (TPSA) is 40.5 Å². The number of rotatable bonds is 3. The van der Waals surface area contributed by atoms with E-state index >= 15 is 0 Å². The van der Waals surface area contributed by atoms with Gasteiger partial charge in [0.15, 0.2) is 0 Å². The molecule has 2 nitrogen and oxygen atoms in total. The average Bonchev–Trinajstić information content (AvgIpc) is 2.81. The molecule has 0 aliphatic rings. The van der Waals surface area contributed by atoms with Crippen molar-refractivity contribution in [2.45, 2.75) is 26.7 Å². The molecule has 2 N–H and O–H groups in total. The highest BCUT2D eigenvalue weighted by Crippen LogP contribution is 2.45. The van der Waals surface area contributed by atoms with Gasteiger partial charge in [-0.15, -0.1) is 0 Å². The zero-order valence-corrected chi connectivity index (χ0v) is 18.6. The van der Waals surface area contributed by atoms with Crippen molar-refractivity contribution in [2.24, 2.45) is 0 Å². The van der Waals surface area contributed by atoms with Gasteiger partial charge in [0.05, 0.1) is 0 Å². The Morgan fingerprint density at radius 2 is 0.875 bits per heavy atom. The fourth-order valence-electron chi connectivity index (χ4n) is 4.96. The number of aryl methyl sites for hydroxylation is 3. The third-order valence-electron chi connectivity index (χ3n) is 6.60. The highest BCUT2D eigenvalue weighted by Gasteiger charge is 2.25. The van der Waals surface area contributed by atoms with Gasteiger partial charge in [0, 0.05) is 16.7 Å². The van der Waals surface area contributed by atoms with Gasteiger partial charge in [-0.1, -0.05) is 84.9 Å². The molecule has 0 aliphatic carbocycles. The summed E-state index contributed by atoms with van der Waals surface area (Å²) in [4.78, 5) is 0. The predicted octanol–water partition coefficient (Wildman–Crippen LogP) is 7.51. The van der Waals surface area contributed by atoms with Gasteiger partial charge < -0.3 is 10.2 Å². The Kier molecular flexibility index (Phi) is 4.86. The SMILES string of the molecule is Cc1ccccc1C(c1cc(C)c(O)c2ccccc12)c1cc(C)c(O)c2ccccc12. The average molecular weight is 419 g/mol. The minimum absolute atomic E-state index is 0.0513. The lowest BCUT2D eigenvalue weighted by Crippen LogP contribution is -2.08. The lowest BCUT2D eigenvalue weighted by atomic mass is 9.78. The van der Waals surface area contributed by atoms with E-state index in [0.29, 0.717) is 11.5 Å². The van der Waals surface area contributed by atoms with E-state index in [-0.39, 0.29) is 5.92 Å². The Morgan fingerprint density at radius 3 is 1.34 bits per heavy atom. The lowest BCUT2D eigenvalue weighted by Gasteiger charge is -2.26. The van der Waals surface area contributed by atoms with Crippen LogP contribution >= 0.6 is 0 Å². The number of aromatic hydroxyl groups is 2. The summed E-state index contributed by atoms with van der Waals surface area (Å²) < 4.78 is 0. The van der Waals surface area contributed by atoms with E-state index in [2.05, 4.69) is 55.5 Å². The van der Waals surface area contributed by atoms with E-state index in [9.17, 15) is 10.2 Å². The quantitative estimate of drug-likeness (QED) is 0.298. The molecular formula is C30H26O2. The smallest absolute Gasteiger partial charge is 0.126 e. The molecule has 0 heterocycles. The summed E-state index contributed by atoms with van der Waals surface area (Å²) in [7, 11) is 0. The van der Waals surface area contributed by atoms with Crippen molar-refractivity contribution in [1.29, 1.82) is 0 Å². The van der Waals surface area contributed by atoms with Gasteiger partial charge in [-0.3, -0.25) is 0 Å². The molecule has 5 rings (SSSR count). The molecule has 2 heteroatoms. The van der Waals surface area contributed by atoms with Gasteiger partial charge in [0.25, 0.3) is 0 Å². The van der Waals surface area contributed by atoms with Crippen LogP contribution in [0.3, 0.4) is 0 Å². The molecule has 0 fully saturated rings. The predicted molar refractivity (Wildman–Crippen MR) is 133 cm³/mol. The second-order valence-electron chi connectivity index (χ2n) is 8.64. The summed E-state index contributed by atoms with van der Waals surface area (Å²) in [5.74, 6) is 0.615. The van der Waals surface area contributed by atoms with Crippen LogP contribution in [0.4, 0.5) is 0 Å². The fraction of sp³-hybridized carbons (Fsp3) is 0.133. The normalized spacial score (nSPS) is 11.5. The van der Waals surface area contributed by atoms with Crippen molar-refractivity contribution in [3.63, 3.8) is 0 Å². The van der Waals surface area contributed by atoms with Crippen LogP contribution in [-0.4, -0.2) is 10.2 Å². The minimum atomic E-state index is -0.0513. The van der Waals surface area contributed by atoms with E-state index in [0.717, 1.165) is 43.8 Å². The van der Waals surface area contributed by atoms with Crippen molar-refractivity contribution < 1.29 is 10.2 Å². The third-order valence-corrected chi connectivity index (χ3v) is 6.60. The van der Waals surface area contributed by atoms with Crippen molar-refractivity contribution in [3.8, 4) is 11.5 Å². The van der Waals surface area contributed by atoms with E-state index in [1.165, 1.54) is 11.1 Å². The first-order valence-corrected chi connectivity index (χ1v) is 10.9. The first-order chi connectivity index (χ1) is 15.5. The van der Waals surface area contributed by atoms with E-state index < -0.39 is 0 Å². The van der Waals surface area contributed by atoms with Crippen LogP contribution < -0.4 is 0 Å². The summed E-state index contributed by atoms with van der Waals surface area (Å²) >= 11 is 0. The van der Waals surface area contributed by atoms with E-state index in [1.807, 2.05) is 50.2 Å². The number of benzene rings is 5. The van der Waals surface area contributed by atoms with Crippen LogP contribution in [-0.2, 0) is 0 Å². The highest BCUT2D eigenvalue weighted by molar-refractivity contribution is 5.96. The van der Waals surface area contributed by atoms with Crippen LogP contribution in [0.1, 0.15) is 39.3 Å². The molecule has 0 aromatic heterocycles. The molecule has 0 atom stereocenters. The lowest BCUT2D eigenvalue weighted by molar-refractivity contribution is 0.477. The van der Waals surface area contributed by atoms with Crippen molar-refractivity contribution >= 4 is 21.5 Å². The summed E-state index contributed by atoms with van der Waals surface area (Å²) in [5.41, 5.74) is 6.45. The first kappa shape index (κ1) is 20.1. The molecule has 0 bridgehead atoms. The Bertz CT molecular complexity index is 1390. The second-order valence-corrected chi connectivity index (χ2v) is 8.64. The monoisotopic (exact) mass is 418 g/mol. The van der Waals surface area contributed by atoms with Gasteiger partial charge in [-0.05, 0) is 64.9 Å². The maximum atomic E-state index is 10.8. The van der Waals surface area contributed by atoms with Gasteiger partial charge in [0.2, 0.25) is 0 Å². The van der Waals surface area contributed by atoms with Gasteiger partial charge in [0.1, 0.15) is 11.5 Å². The zero-order valence-electron chi connectivity index (χ0n) is 18.6. The molecule has 0 saturated heterocycles. The molecule has 0 aliphatic heterocycles. The van der Waals surface area contributed by atoms with Crippen LogP contribution in [0.15, 0.2) is 84.9 Å². The summed E-state index contributed by atoms with van der Waals surface area (Å²) in [5, 5.41) is 25.4. The maximum absolute atomic E-state index is 10.8. The Labute approximate surface area is 188 Å². The van der Waals surface area contributed by atoms with Gasteiger partial charge >= 0.3 is 0 Å². The molecule has 0 spiro atoms. The van der Waals surface area contributed by atoms with Gasteiger partial charge in [-0.25, -0.2) is 0 Å². The van der Waals surface area contributed by atoms with Crippen LogP contribution in [0, 0.1) is 20.8 Å². The Hall–Kier alpha value is -3.78. The van der Waals surface area contributed by atoms with Crippen LogP contribution in [0.5, 0.6) is 11.5 Å². The Morgan fingerprint density at radius 1 is 0.469 bits per heavy atom. The zero-order chi connectivity index (χ0) is 22.4. The molecule has 0 unspecified atom stereocenters. The largest absolute Gasteiger partial charge is 0.507 e. The highest BCUT2D eigenvalue weighted by atomic mass is 16.3. The van der Waals surface area contributed by atoms with E-state index in [4.69, 9.17) is 0 Å². The number of phenolic OH excluding ortho intramolecular Hbond substituents is 2. The summed E-state index contributed by atoms with van der Waals surface area (Å²) in [6, 6.07) is 28.8. The Balaban J connectivity index is 1.95. The summed E-state index contributed by atoms with van der Waals surface area (Å²) in [6.45, 7) is 6.06. The maximum Gasteiger partial charge on any atom is 0.126 e. The molecule has 0 saturated carbocycles. The van der Waals surface area contributed by atoms with Gasteiger partial charge in [-0.2, -0.15) is 0 Å². The number of fused-ring (bicyclic) bond motifs is 2. The number of phenols is 2. The van der Waals surface area contributed by atoms with Crippen molar-refractivity contribution in [1.82, 2.24) is 0 Å². The van der Waals surface area contributed by atoms with Crippen LogP contribution in [0.2, 0.25) is 0 Å². The molecule has 5 aromatic carbocycles. The standard InChI is InChI=1S/C30H26O2/c1-18-10-4-5-11-21(18)28(26-16-19(2)29(31)24-14-8-6-12-22(24)26)27-17-20(3)30(32)25-15-9-7-13-23(25)27/h4-17,28,31-32H,1-3H3. The van der Waals surface area contributed by atoms with E-state index in [1.54, 1.807) is 0 Å². The van der Waals surface area contributed by atoms with Crippen molar-refractivity contribution in [2.75, 3.05) is 0 Å². The molecule has 158 valence electrons. The number of hydrogen-bond donors (Lipinski definition) is 2. The molecule has 32 heavy (non-hydrogen) atoms. The van der Waals surface area contributed by atoms with Crippen molar-refractivity contribution in [3.05, 3.63) is 118 Å². The first-order valence-electron chi connectivity index (χ1n) is 10.9. The van der Waals surface area contributed by atoms with Crippen LogP contribution in [0.25, 0.3) is 21.5 Å².